The van der Waals surface area contributed by atoms with Crippen LogP contribution in [0.1, 0.15) is 54.4 Å². The molecule has 1 aromatic carbocycles. The van der Waals surface area contributed by atoms with Crippen LogP contribution in [0.15, 0.2) is 24.4 Å². The highest BCUT2D eigenvalue weighted by atomic mass is 16.5. The van der Waals surface area contributed by atoms with Crippen molar-refractivity contribution in [3.05, 3.63) is 35.5 Å². The maximum absolute atomic E-state index is 12.6. The van der Waals surface area contributed by atoms with Crippen LogP contribution in [0.25, 0.3) is 16.8 Å². The summed E-state index contributed by atoms with van der Waals surface area (Å²) in [5.74, 6) is 1.80. The number of ether oxygens (including phenoxy) is 2. The SMILES string of the molecule is Cc1cc(-c2cnn3c(NCC4CCOCC4)nc(NC4CCOCC4)nc23)ccc1C(=O)NC1CC1. The summed E-state index contributed by atoms with van der Waals surface area (Å²) >= 11 is 0. The Morgan fingerprint density at radius 3 is 2.49 bits per heavy atom. The highest BCUT2D eigenvalue weighted by Crippen LogP contribution is 2.29. The molecule has 0 radical (unpaired) electrons. The Balaban J connectivity index is 1.31. The summed E-state index contributed by atoms with van der Waals surface area (Å²) in [5.41, 5.74) is 4.25. The predicted octanol–water partition coefficient (Wildman–Crippen LogP) is 3.42. The van der Waals surface area contributed by atoms with Crippen LogP contribution in [0.2, 0.25) is 0 Å². The van der Waals surface area contributed by atoms with Crippen molar-refractivity contribution in [1.29, 1.82) is 0 Å². The molecular formula is C27H35N7O3. The molecule has 1 amide bonds. The molecule has 0 atom stereocenters. The van der Waals surface area contributed by atoms with Crippen molar-refractivity contribution in [1.82, 2.24) is 24.9 Å². The van der Waals surface area contributed by atoms with Gasteiger partial charge in [-0.2, -0.15) is 19.6 Å². The topological polar surface area (TPSA) is 115 Å². The molecule has 0 bridgehead atoms. The molecule has 0 spiro atoms. The van der Waals surface area contributed by atoms with E-state index in [4.69, 9.17) is 19.4 Å². The molecule has 3 aromatic rings. The summed E-state index contributed by atoms with van der Waals surface area (Å²) in [6, 6.07) is 6.53. The molecule has 10 heteroatoms. The number of amides is 1. The molecule has 6 rings (SSSR count). The van der Waals surface area contributed by atoms with Gasteiger partial charge in [-0.15, -0.1) is 0 Å². The number of aromatic nitrogens is 4. The number of hydrogen-bond acceptors (Lipinski definition) is 8. The third kappa shape index (κ3) is 5.55. The molecule has 2 aliphatic heterocycles. The van der Waals surface area contributed by atoms with E-state index in [0.29, 0.717) is 29.4 Å². The van der Waals surface area contributed by atoms with Gasteiger partial charge in [0.1, 0.15) is 0 Å². The number of rotatable bonds is 8. The highest BCUT2D eigenvalue weighted by Gasteiger charge is 2.25. The number of carbonyl (C=O) groups excluding carboxylic acids is 1. The van der Waals surface area contributed by atoms with Crippen molar-refractivity contribution in [3.8, 4) is 11.1 Å². The fraction of sp³-hybridized carbons (Fsp3) is 0.556. The normalized spacial score (nSPS) is 19.2. The van der Waals surface area contributed by atoms with Crippen LogP contribution >= 0.6 is 0 Å². The second-order valence-corrected chi connectivity index (χ2v) is 10.4. The lowest BCUT2D eigenvalue weighted by Gasteiger charge is -2.24. The summed E-state index contributed by atoms with van der Waals surface area (Å²) in [6.07, 6.45) is 7.91. The van der Waals surface area contributed by atoms with Gasteiger partial charge in [-0.3, -0.25) is 4.79 Å². The first-order valence-electron chi connectivity index (χ1n) is 13.5. The number of anilines is 2. The number of aryl methyl sites for hydroxylation is 1. The summed E-state index contributed by atoms with van der Waals surface area (Å²) in [6.45, 7) is 5.89. The molecule has 3 fully saturated rings. The zero-order valence-electron chi connectivity index (χ0n) is 21.3. The smallest absolute Gasteiger partial charge is 0.251 e. The number of carbonyl (C=O) groups is 1. The molecule has 3 N–H and O–H groups in total. The van der Waals surface area contributed by atoms with Gasteiger partial charge in [0, 0.05) is 56.2 Å². The quantitative estimate of drug-likeness (QED) is 0.427. The van der Waals surface area contributed by atoms with Gasteiger partial charge < -0.3 is 25.4 Å². The van der Waals surface area contributed by atoms with Crippen molar-refractivity contribution in [2.75, 3.05) is 43.6 Å². The summed E-state index contributed by atoms with van der Waals surface area (Å²) in [4.78, 5) is 22.3. The first-order chi connectivity index (χ1) is 18.1. The monoisotopic (exact) mass is 505 g/mol. The first-order valence-corrected chi connectivity index (χ1v) is 13.5. The number of hydrogen-bond donors (Lipinski definition) is 3. The lowest BCUT2D eigenvalue weighted by Crippen LogP contribution is -2.29. The van der Waals surface area contributed by atoms with Gasteiger partial charge in [0.05, 0.1) is 6.20 Å². The minimum atomic E-state index is -0.00344. The van der Waals surface area contributed by atoms with E-state index in [1.807, 2.05) is 31.3 Å². The third-order valence-corrected chi connectivity index (χ3v) is 7.51. The largest absolute Gasteiger partial charge is 0.381 e. The second kappa shape index (κ2) is 10.6. The van der Waals surface area contributed by atoms with Crippen LogP contribution in [0, 0.1) is 12.8 Å². The van der Waals surface area contributed by atoms with Gasteiger partial charge in [-0.05, 0) is 68.6 Å². The van der Waals surface area contributed by atoms with Crippen molar-refractivity contribution in [2.45, 2.75) is 57.5 Å². The Morgan fingerprint density at radius 2 is 1.76 bits per heavy atom. The Hall–Kier alpha value is -3.24. The van der Waals surface area contributed by atoms with E-state index in [2.05, 4.69) is 21.0 Å². The Morgan fingerprint density at radius 1 is 1.00 bits per heavy atom. The molecular weight excluding hydrogens is 470 g/mol. The molecule has 2 saturated heterocycles. The molecule has 1 saturated carbocycles. The number of fused-ring (bicyclic) bond motifs is 1. The van der Waals surface area contributed by atoms with Crippen LogP contribution in [-0.2, 0) is 9.47 Å². The summed E-state index contributed by atoms with van der Waals surface area (Å²) in [5, 5.41) is 14.8. The number of nitrogens with zero attached hydrogens (tertiary/aromatic N) is 4. The average Bonchev–Trinajstić information content (AvgIpc) is 3.63. The lowest BCUT2D eigenvalue weighted by molar-refractivity contribution is 0.0699. The van der Waals surface area contributed by atoms with Gasteiger partial charge >= 0.3 is 0 Å². The fourth-order valence-electron chi connectivity index (χ4n) is 5.05. The van der Waals surface area contributed by atoms with E-state index in [-0.39, 0.29) is 11.9 Å². The summed E-state index contributed by atoms with van der Waals surface area (Å²) in [7, 11) is 0. The van der Waals surface area contributed by atoms with Crippen LogP contribution in [0.5, 0.6) is 0 Å². The average molecular weight is 506 g/mol. The molecule has 196 valence electrons. The van der Waals surface area contributed by atoms with Crippen LogP contribution in [0.3, 0.4) is 0 Å². The van der Waals surface area contributed by atoms with E-state index >= 15 is 0 Å². The Bertz CT molecular complexity index is 1260. The maximum Gasteiger partial charge on any atom is 0.251 e. The van der Waals surface area contributed by atoms with E-state index in [1.165, 1.54) is 0 Å². The van der Waals surface area contributed by atoms with Gasteiger partial charge in [-0.25, -0.2) is 0 Å². The molecule has 10 nitrogen and oxygen atoms in total. The second-order valence-electron chi connectivity index (χ2n) is 10.4. The lowest BCUT2D eigenvalue weighted by atomic mass is 10.0. The zero-order chi connectivity index (χ0) is 25.2. The molecule has 0 unspecified atom stereocenters. The predicted molar refractivity (Wildman–Crippen MR) is 141 cm³/mol. The molecule has 37 heavy (non-hydrogen) atoms. The standard InChI is InChI=1S/C27H35N7O3/c1-17-14-19(2-5-22(17)25(35)30-20-3-4-20)23-16-29-34-24(23)32-26(31-21-8-12-37-13-9-21)33-27(34)28-15-18-6-10-36-11-7-18/h2,5,14,16,18,20-21H,3-4,6-13,15H2,1H3,(H,30,35)(H2,28,31,32,33). The van der Waals surface area contributed by atoms with Gasteiger partial charge in [-0.1, -0.05) is 12.1 Å². The van der Waals surface area contributed by atoms with Crippen LogP contribution in [-0.4, -0.2) is 70.5 Å². The molecule has 3 aliphatic rings. The highest BCUT2D eigenvalue weighted by molar-refractivity contribution is 5.97. The van der Waals surface area contributed by atoms with E-state index < -0.39 is 0 Å². The van der Waals surface area contributed by atoms with Crippen molar-refractivity contribution in [2.24, 2.45) is 5.92 Å². The fourth-order valence-corrected chi connectivity index (χ4v) is 5.05. The zero-order valence-corrected chi connectivity index (χ0v) is 21.3. The molecule has 1 aliphatic carbocycles. The van der Waals surface area contributed by atoms with Crippen molar-refractivity contribution in [3.63, 3.8) is 0 Å². The number of nitrogens with one attached hydrogen (secondary N) is 3. The van der Waals surface area contributed by atoms with Crippen molar-refractivity contribution >= 4 is 23.5 Å². The Kier molecular flexibility index (Phi) is 6.93. The number of benzene rings is 1. The molecule has 4 heterocycles. The Labute approximate surface area is 216 Å². The third-order valence-electron chi connectivity index (χ3n) is 7.51. The van der Waals surface area contributed by atoms with Gasteiger partial charge in [0.2, 0.25) is 11.9 Å². The van der Waals surface area contributed by atoms with E-state index in [0.717, 1.165) is 93.8 Å². The van der Waals surface area contributed by atoms with Crippen molar-refractivity contribution < 1.29 is 14.3 Å². The van der Waals surface area contributed by atoms with E-state index in [1.54, 1.807) is 4.52 Å². The van der Waals surface area contributed by atoms with Crippen LogP contribution in [0.4, 0.5) is 11.9 Å². The van der Waals surface area contributed by atoms with Crippen LogP contribution < -0.4 is 16.0 Å². The van der Waals surface area contributed by atoms with Gasteiger partial charge in [0.25, 0.3) is 5.91 Å². The van der Waals surface area contributed by atoms with E-state index in [9.17, 15) is 4.79 Å². The summed E-state index contributed by atoms with van der Waals surface area (Å²) < 4.78 is 12.8. The molecule has 2 aromatic heterocycles. The minimum absolute atomic E-state index is 0.00344. The minimum Gasteiger partial charge on any atom is -0.381 e. The van der Waals surface area contributed by atoms with Gasteiger partial charge in [0.15, 0.2) is 5.65 Å². The first kappa shape index (κ1) is 24.1. The maximum atomic E-state index is 12.6.